The molecule has 1 aromatic carbocycles. The minimum Gasteiger partial charge on any atom is -0.497 e. The zero-order valence-corrected chi connectivity index (χ0v) is 11.0. The average molecular weight is 260 g/mol. The molecular formula is C13H12N2O2S. The molecule has 1 aliphatic heterocycles. The number of benzene rings is 1. The van der Waals surface area contributed by atoms with E-state index in [2.05, 4.69) is 0 Å². The number of nitrogens with zero attached hydrogens (tertiary/aromatic N) is 2. The molecule has 0 radical (unpaired) electrons. The van der Waals surface area contributed by atoms with Gasteiger partial charge in [0, 0.05) is 23.6 Å². The first kappa shape index (κ1) is 12.5. The van der Waals surface area contributed by atoms with Crippen LogP contribution in [0.5, 0.6) is 5.75 Å². The highest BCUT2D eigenvalue weighted by atomic mass is 32.2. The highest BCUT2D eigenvalue weighted by Gasteiger charge is 2.25. The molecule has 92 valence electrons. The number of allylic oxidation sites excluding steroid dienone is 1. The molecule has 2 rings (SSSR count). The van der Waals surface area contributed by atoms with Crippen molar-refractivity contribution in [1.29, 1.82) is 5.26 Å². The zero-order valence-electron chi connectivity index (χ0n) is 10.1. The quantitative estimate of drug-likeness (QED) is 0.617. The number of ether oxygens (including phenoxy) is 1. The number of hydrogen-bond acceptors (Lipinski definition) is 5. The number of fused-ring (bicyclic) bond motifs is 1. The van der Waals surface area contributed by atoms with Crippen LogP contribution in [0.4, 0.5) is 5.69 Å². The van der Waals surface area contributed by atoms with Gasteiger partial charge in [0.1, 0.15) is 11.8 Å². The Hall–Kier alpha value is -1.93. The summed E-state index contributed by atoms with van der Waals surface area (Å²) in [5, 5.41) is 9.35. The molecule has 1 aromatic rings. The number of ketones is 1. The van der Waals surface area contributed by atoms with E-state index < -0.39 is 5.78 Å². The van der Waals surface area contributed by atoms with E-state index in [0.29, 0.717) is 0 Å². The van der Waals surface area contributed by atoms with Gasteiger partial charge in [-0.2, -0.15) is 5.26 Å². The number of thioether (sulfide) groups is 1. The molecule has 0 saturated carbocycles. The standard InChI is InChI=1S/C13H12N2O2S/c1-3-15-11-7-10(17-2)4-5-12(11)18-13(15)6-9(16)8-14/h4-7H,3H2,1-2H3/b13-6-. The number of hydrogen-bond donors (Lipinski definition) is 0. The number of carbonyl (C=O) groups is 1. The summed E-state index contributed by atoms with van der Waals surface area (Å²) in [6, 6.07) is 7.38. The number of rotatable bonds is 3. The van der Waals surface area contributed by atoms with Crippen LogP contribution in [0.25, 0.3) is 0 Å². The molecule has 0 amide bonds. The summed E-state index contributed by atoms with van der Waals surface area (Å²) in [7, 11) is 1.62. The second-order valence-corrected chi connectivity index (χ2v) is 4.70. The fraction of sp³-hybridized carbons (Fsp3) is 0.231. The third-order valence-electron chi connectivity index (χ3n) is 2.62. The van der Waals surface area contributed by atoms with Crippen LogP contribution in [-0.2, 0) is 4.79 Å². The Balaban J connectivity index is 2.41. The van der Waals surface area contributed by atoms with Crippen LogP contribution in [0.2, 0.25) is 0 Å². The van der Waals surface area contributed by atoms with Gasteiger partial charge in [0.25, 0.3) is 5.78 Å². The van der Waals surface area contributed by atoms with Crippen molar-refractivity contribution in [2.45, 2.75) is 11.8 Å². The first-order valence-corrected chi connectivity index (χ1v) is 6.30. The van der Waals surface area contributed by atoms with Gasteiger partial charge in [0.05, 0.1) is 17.8 Å². The SMILES string of the molecule is CCN1/C(=C/C(=O)C#N)Sc2ccc(OC)cc21. The van der Waals surface area contributed by atoms with Gasteiger partial charge in [-0.1, -0.05) is 11.8 Å². The molecule has 0 saturated heterocycles. The first-order chi connectivity index (χ1) is 8.69. The fourth-order valence-corrected chi connectivity index (χ4v) is 2.92. The molecule has 0 spiro atoms. The Labute approximate surface area is 110 Å². The molecule has 5 heteroatoms. The topological polar surface area (TPSA) is 53.3 Å². The van der Waals surface area contributed by atoms with Crippen LogP contribution in [0.3, 0.4) is 0 Å². The predicted octanol–water partition coefficient (Wildman–Crippen LogP) is 2.56. The highest BCUT2D eigenvalue weighted by molar-refractivity contribution is 8.03. The lowest BCUT2D eigenvalue weighted by atomic mass is 10.2. The summed E-state index contributed by atoms with van der Waals surface area (Å²) >= 11 is 1.49. The molecule has 0 atom stereocenters. The Morgan fingerprint density at radius 3 is 3.00 bits per heavy atom. The third-order valence-corrected chi connectivity index (χ3v) is 3.73. The summed E-state index contributed by atoms with van der Waals surface area (Å²) in [5.74, 6) is 0.247. The lowest BCUT2D eigenvalue weighted by Crippen LogP contribution is -2.17. The van der Waals surface area contributed by atoms with Crippen molar-refractivity contribution in [3.8, 4) is 11.8 Å². The van der Waals surface area contributed by atoms with E-state index in [-0.39, 0.29) is 0 Å². The Morgan fingerprint density at radius 2 is 2.39 bits per heavy atom. The number of carbonyl (C=O) groups excluding carboxylic acids is 1. The number of anilines is 1. The van der Waals surface area contributed by atoms with Gasteiger partial charge in [0.15, 0.2) is 0 Å². The number of nitriles is 1. The van der Waals surface area contributed by atoms with Crippen molar-refractivity contribution in [3.63, 3.8) is 0 Å². The minimum absolute atomic E-state index is 0.532. The van der Waals surface area contributed by atoms with Crippen molar-refractivity contribution >= 4 is 23.2 Å². The van der Waals surface area contributed by atoms with E-state index in [1.807, 2.05) is 30.0 Å². The van der Waals surface area contributed by atoms with Crippen LogP contribution in [0, 0.1) is 11.3 Å². The van der Waals surface area contributed by atoms with Gasteiger partial charge < -0.3 is 9.64 Å². The van der Waals surface area contributed by atoms with Crippen molar-refractivity contribution in [2.24, 2.45) is 0 Å². The fourth-order valence-electron chi connectivity index (χ4n) is 1.79. The summed E-state index contributed by atoms with van der Waals surface area (Å²) in [5.41, 5.74) is 1.01. The maximum Gasteiger partial charge on any atom is 0.257 e. The van der Waals surface area contributed by atoms with Crippen molar-refractivity contribution in [3.05, 3.63) is 29.3 Å². The van der Waals surface area contributed by atoms with Gasteiger partial charge in [0.2, 0.25) is 0 Å². The van der Waals surface area contributed by atoms with E-state index >= 15 is 0 Å². The smallest absolute Gasteiger partial charge is 0.257 e. The molecule has 0 bridgehead atoms. The van der Waals surface area contributed by atoms with E-state index in [1.165, 1.54) is 17.8 Å². The molecular weight excluding hydrogens is 248 g/mol. The number of methoxy groups -OCH3 is 1. The van der Waals surface area contributed by atoms with Crippen LogP contribution in [-0.4, -0.2) is 19.4 Å². The lowest BCUT2D eigenvalue weighted by molar-refractivity contribution is -0.109. The van der Waals surface area contributed by atoms with Gasteiger partial charge in [-0.15, -0.1) is 0 Å². The van der Waals surface area contributed by atoms with Gasteiger partial charge >= 0.3 is 0 Å². The highest BCUT2D eigenvalue weighted by Crippen LogP contribution is 2.47. The zero-order chi connectivity index (χ0) is 13.1. The summed E-state index contributed by atoms with van der Waals surface area (Å²) < 4.78 is 5.20. The largest absolute Gasteiger partial charge is 0.497 e. The van der Waals surface area contributed by atoms with Crippen molar-refractivity contribution < 1.29 is 9.53 Å². The normalized spacial score (nSPS) is 15.4. The molecule has 0 fully saturated rings. The summed E-state index contributed by atoms with van der Waals surface area (Å²) in [6.07, 6.45) is 1.38. The molecule has 0 aliphatic carbocycles. The monoisotopic (exact) mass is 260 g/mol. The Morgan fingerprint density at radius 1 is 1.61 bits per heavy atom. The second-order valence-electron chi connectivity index (χ2n) is 3.64. The molecule has 0 unspecified atom stereocenters. The Kier molecular flexibility index (Phi) is 3.58. The molecule has 1 aliphatic rings. The molecule has 18 heavy (non-hydrogen) atoms. The summed E-state index contributed by atoms with van der Waals surface area (Å²) in [4.78, 5) is 14.3. The second kappa shape index (κ2) is 5.15. The first-order valence-electron chi connectivity index (χ1n) is 5.48. The van der Waals surface area contributed by atoms with E-state index in [0.717, 1.165) is 27.9 Å². The lowest BCUT2D eigenvalue weighted by Gasteiger charge is -2.17. The van der Waals surface area contributed by atoms with Crippen LogP contribution < -0.4 is 9.64 Å². The van der Waals surface area contributed by atoms with Gasteiger partial charge in [-0.05, 0) is 19.1 Å². The minimum atomic E-state index is -0.532. The van der Waals surface area contributed by atoms with E-state index in [9.17, 15) is 4.79 Å². The molecule has 4 nitrogen and oxygen atoms in total. The van der Waals surface area contributed by atoms with Crippen LogP contribution >= 0.6 is 11.8 Å². The van der Waals surface area contributed by atoms with Crippen molar-refractivity contribution in [1.82, 2.24) is 0 Å². The third kappa shape index (κ3) is 2.20. The molecule has 1 heterocycles. The van der Waals surface area contributed by atoms with Crippen LogP contribution in [0.15, 0.2) is 34.2 Å². The van der Waals surface area contributed by atoms with Gasteiger partial charge in [-0.25, -0.2) is 0 Å². The molecule has 0 N–H and O–H groups in total. The average Bonchev–Trinajstić information content (AvgIpc) is 2.74. The van der Waals surface area contributed by atoms with Crippen LogP contribution in [0.1, 0.15) is 6.92 Å². The van der Waals surface area contributed by atoms with Gasteiger partial charge in [-0.3, -0.25) is 4.79 Å². The summed E-state index contributed by atoms with van der Waals surface area (Å²) in [6.45, 7) is 2.73. The Bertz CT molecular complexity index is 561. The van der Waals surface area contributed by atoms with E-state index in [1.54, 1.807) is 13.2 Å². The maximum absolute atomic E-state index is 11.2. The van der Waals surface area contributed by atoms with E-state index in [4.69, 9.17) is 10.00 Å². The predicted molar refractivity (Wildman–Crippen MR) is 70.6 cm³/mol. The van der Waals surface area contributed by atoms with Crippen molar-refractivity contribution in [2.75, 3.05) is 18.6 Å². The maximum atomic E-state index is 11.2. The molecule has 0 aromatic heterocycles.